The summed E-state index contributed by atoms with van der Waals surface area (Å²) in [4.78, 5) is 29.0. The van der Waals surface area contributed by atoms with Gasteiger partial charge in [-0.15, -0.1) is 0 Å². The van der Waals surface area contributed by atoms with Crippen LogP contribution in [0.15, 0.2) is 18.3 Å². The van der Waals surface area contributed by atoms with Crippen LogP contribution in [-0.4, -0.2) is 53.2 Å². The average molecular weight is 329 g/mol. The number of carbonyl (C=O) groups is 2. The Morgan fingerprint density at radius 2 is 2.18 bits per heavy atom. The molecule has 1 amide bonds. The second kappa shape index (κ2) is 9.38. The largest absolute Gasteiger partial charge is 0.481 e. The summed E-state index contributed by atoms with van der Waals surface area (Å²) in [6, 6.07) is 3.12. The summed E-state index contributed by atoms with van der Waals surface area (Å²) in [5.41, 5.74) is 0.249. The van der Waals surface area contributed by atoms with Gasteiger partial charge >= 0.3 is 5.97 Å². The molecule has 0 bridgehead atoms. The van der Waals surface area contributed by atoms with Crippen molar-refractivity contribution in [2.75, 3.05) is 26.3 Å². The molecule has 7 heteroatoms. The van der Waals surface area contributed by atoms with Gasteiger partial charge in [-0.05, 0) is 25.5 Å². The van der Waals surface area contributed by atoms with E-state index in [9.17, 15) is 9.59 Å². The van der Waals surface area contributed by atoms with Crippen LogP contribution in [0.25, 0.3) is 0 Å². The second-order valence-corrected chi connectivity index (χ2v) is 5.34. The van der Waals surface area contributed by atoms with Gasteiger partial charge in [-0.3, -0.25) is 9.59 Å². The Kier molecular flexibility index (Phi) is 7.84. The van der Waals surface area contributed by atoms with E-state index in [0.717, 1.165) is 0 Å². The molecule has 1 heterocycles. The summed E-state index contributed by atoms with van der Waals surface area (Å²) in [5, 5.41) is 9.48. The number of nitrogens with zero attached hydrogens (tertiary/aromatic N) is 2. The van der Waals surface area contributed by atoms with Gasteiger partial charge in [0.05, 0.1) is 10.9 Å². The number of pyridine rings is 1. The third kappa shape index (κ3) is 5.99. The van der Waals surface area contributed by atoms with Crippen LogP contribution < -0.4 is 0 Å². The van der Waals surface area contributed by atoms with E-state index >= 15 is 0 Å². The molecule has 0 spiro atoms. The molecular weight excluding hydrogens is 308 g/mol. The Bertz CT molecular complexity index is 493. The third-order valence-electron chi connectivity index (χ3n) is 3.07. The topological polar surface area (TPSA) is 79.7 Å². The normalized spacial score (nSPS) is 12.0. The van der Waals surface area contributed by atoms with Crippen molar-refractivity contribution in [1.82, 2.24) is 9.88 Å². The maximum absolute atomic E-state index is 12.5. The molecule has 0 aliphatic rings. The van der Waals surface area contributed by atoms with Crippen molar-refractivity contribution in [1.29, 1.82) is 0 Å². The summed E-state index contributed by atoms with van der Waals surface area (Å²) in [7, 11) is 0. The van der Waals surface area contributed by atoms with Crippen LogP contribution in [0.1, 0.15) is 30.8 Å². The number of ether oxygens (including phenoxy) is 1. The van der Waals surface area contributed by atoms with E-state index in [1.54, 1.807) is 13.0 Å². The molecule has 1 atom stereocenters. The number of rotatable bonds is 9. The lowest BCUT2D eigenvalue weighted by Crippen LogP contribution is -2.38. The van der Waals surface area contributed by atoms with Gasteiger partial charge in [0.25, 0.3) is 5.91 Å². The van der Waals surface area contributed by atoms with E-state index in [-0.39, 0.29) is 18.1 Å². The first-order valence-corrected chi connectivity index (χ1v) is 7.54. The number of hydrogen-bond acceptors (Lipinski definition) is 4. The highest BCUT2D eigenvalue weighted by molar-refractivity contribution is 6.30. The fourth-order valence-corrected chi connectivity index (χ4v) is 1.96. The lowest BCUT2D eigenvalue weighted by molar-refractivity contribution is -0.141. The molecule has 1 rings (SSSR count). The van der Waals surface area contributed by atoms with Crippen molar-refractivity contribution in [3.8, 4) is 0 Å². The smallest absolute Gasteiger partial charge is 0.308 e. The van der Waals surface area contributed by atoms with Crippen molar-refractivity contribution in [3.63, 3.8) is 0 Å². The van der Waals surface area contributed by atoms with E-state index < -0.39 is 11.9 Å². The summed E-state index contributed by atoms with van der Waals surface area (Å²) >= 11 is 5.76. The van der Waals surface area contributed by atoms with Crippen LogP contribution in [0.3, 0.4) is 0 Å². The fraction of sp³-hybridized carbons (Fsp3) is 0.533. The Hall–Kier alpha value is -1.66. The van der Waals surface area contributed by atoms with Gasteiger partial charge < -0.3 is 14.7 Å². The molecule has 1 unspecified atom stereocenters. The number of aliphatic carboxylic acids is 1. The molecule has 0 saturated heterocycles. The zero-order valence-corrected chi connectivity index (χ0v) is 13.5. The van der Waals surface area contributed by atoms with Crippen molar-refractivity contribution in [2.45, 2.75) is 20.3 Å². The quantitative estimate of drug-likeness (QED) is 0.704. The second-order valence-electron chi connectivity index (χ2n) is 4.90. The number of aromatic nitrogens is 1. The zero-order chi connectivity index (χ0) is 16.5. The maximum atomic E-state index is 12.5. The molecule has 0 aliphatic carbocycles. The minimum absolute atomic E-state index is 0.130. The lowest BCUT2D eigenvalue weighted by Gasteiger charge is -2.24. The minimum Gasteiger partial charge on any atom is -0.481 e. The number of carbonyl (C=O) groups excluding carboxylic acids is 1. The van der Waals surface area contributed by atoms with Gasteiger partial charge in [0.1, 0.15) is 5.69 Å². The highest BCUT2D eigenvalue weighted by Crippen LogP contribution is 2.11. The molecule has 1 aromatic rings. The molecule has 0 aliphatic heterocycles. The minimum atomic E-state index is -0.938. The molecule has 0 aromatic carbocycles. The summed E-state index contributed by atoms with van der Waals surface area (Å²) < 4.78 is 5.25. The van der Waals surface area contributed by atoms with Gasteiger partial charge in [-0.25, -0.2) is 4.98 Å². The van der Waals surface area contributed by atoms with Crippen LogP contribution in [0.4, 0.5) is 0 Å². The molecule has 6 nitrogen and oxygen atoms in total. The van der Waals surface area contributed by atoms with Crippen LogP contribution in [-0.2, 0) is 9.53 Å². The summed E-state index contributed by atoms with van der Waals surface area (Å²) in [5.74, 6) is -1.89. The molecule has 0 radical (unpaired) electrons. The number of amides is 1. The summed E-state index contributed by atoms with van der Waals surface area (Å²) in [6.07, 6.45) is 2.04. The van der Waals surface area contributed by atoms with Crippen molar-refractivity contribution < 1.29 is 19.4 Å². The SMILES string of the molecule is CCOCCCN(CC(C)C(=O)O)C(=O)c1ccc(Cl)cn1. The van der Waals surface area contributed by atoms with E-state index in [1.807, 2.05) is 6.92 Å². The van der Waals surface area contributed by atoms with Crippen LogP contribution in [0.2, 0.25) is 5.02 Å². The highest BCUT2D eigenvalue weighted by Gasteiger charge is 2.22. The van der Waals surface area contributed by atoms with Gasteiger partial charge in [0.2, 0.25) is 0 Å². The number of hydrogen-bond donors (Lipinski definition) is 1. The predicted octanol–water partition coefficient (Wildman–Crippen LogP) is 2.32. The lowest BCUT2D eigenvalue weighted by atomic mass is 10.1. The van der Waals surface area contributed by atoms with E-state index in [4.69, 9.17) is 21.4 Å². The molecular formula is C15H21ClN2O4. The van der Waals surface area contributed by atoms with E-state index in [2.05, 4.69) is 4.98 Å². The first-order valence-electron chi connectivity index (χ1n) is 7.17. The molecule has 122 valence electrons. The average Bonchev–Trinajstić information content (AvgIpc) is 2.50. The Labute approximate surface area is 135 Å². The van der Waals surface area contributed by atoms with Gasteiger partial charge in [0.15, 0.2) is 0 Å². The van der Waals surface area contributed by atoms with Gasteiger partial charge in [-0.1, -0.05) is 18.5 Å². The van der Waals surface area contributed by atoms with Crippen molar-refractivity contribution in [2.24, 2.45) is 5.92 Å². The van der Waals surface area contributed by atoms with Crippen molar-refractivity contribution >= 4 is 23.5 Å². The molecule has 0 fully saturated rings. The van der Waals surface area contributed by atoms with Gasteiger partial charge in [-0.2, -0.15) is 0 Å². The van der Waals surface area contributed by atoms with Crippen molar-refractivity contribution in [3.05, 3.63) is 29.0 Å². The zero-order valence-electron chi connectivity index (χ0n) is 12.8. The third-order valence-corrected chi connectivity index (χ3v) is 3.29. The van der Waals surface area contributed by atoms with Crippen LogP contribution in [0, 0.1) is 5.92 Å². The Morgan fingerprint density at radius 3 is 2.73 bits per heavy atom. The predicted molar refractivity (Wildman–Crippen MR) is 83.1 cm³/mol. The van der Waals surface area contributed by atoms with E-state index in [0.29, 0.717) is 31.2 Å². The molecule has 22 heavy (non-hydrogen) atoms. The number of carboxylic acids is 1. The first-order chi connectivity index (χ1) is 10.5. The molecule has 1 N–H and O–H groups in total. The maximum Gasteiger partial charge on any atom is 0.308 e. The standard InChI is InChI=1S/C15H21ClN2O4/c1-3-22-8-4-7-18(10-11(2)15(20)21)14(19)13-6-5-12(16)9-17-13/h5-6,9,11H,3-4,7-8,10H2,1-2H3,(H,20,21). The number of carboxylic acid groups (broad SMARTS) is 1. The Morgan fingerprint density at radius 1 is 1.45 bits per heavy atom. The molecule has 0 saturated carbocycles. The van der Waals surface area contributed by atoms with E-state index in [1.165, 1.54) is 17.2 Å². The van der Waals surface area contributed by atoms with Crippen LogP contribution >= 0.6 is 11.6 Å². The Balaban J connectivity index is 2.75. The fourth-order valence-electron chi connectivity index (χ4n) is 1.85. The summed E-state index contributed by atoms with van der Waals surface area (Å²) in [6.45, 7) is 5.15. The van der Waals surface area contributed by atoms with Crippen LogP contribution in [0.5, 0.6) is 0 Å². The van der Waals surface area contributed by atoms with Gasteiger partial charge in [0, 0.05) is 32.5 Å². The number of halogens is 1. The monoisotopic (exact) mass is 328 g/mol. The molecule has 1 aromatic heterocycles. The highest BCUT2D eigenvalue weighted by atomic mass is 35.5. The first kappa shape index (κ1) is 18.4.